The predicted molar refractivity (Wildman–Crippen MR) is 88.6 cm³/mol. The topological polar surface area (TPSA) is 72.3 Å². The Morgan fingerprint density at radius 1 is 1.29 bits per heavy atom. The number of aromatic nitrogens is 3. The molecule has 1 aliphatic heterocycles. The average Bonchev–Trinajstić information content (AvgIpc) is 3.37. The second kappa shape index (κ2) is 6.60. The number of pyridine rings is 1. The van der Waals surface area contributed by atoms with Crippen LogP contribution in [0.1, 0.15) is 18.4 Å². The normalized spacial score (nSPS) is 20.8. The molecule has 2 aromatic heterocycles. The molecule has 1 saturated carbocycles. The van der Waals surface area contributed by atoms with Gasteiger partial charge in [-0.15, -0.1) is 0 Å². The first-order valence-corrected chi connectivity index (χ1v) is 8.37. The lowest BCUT2D eigenvalue weighted by molar-refractivity contribution is 0.00771. The molecule has 24 heavy (non-hydrogen) atoms. The summed E-state index contributed by atoms with van der Waals surface area (Å²) >= 11 is 0. The third-order valence-corrected chi connectivity index (χ3v) is 4.56. The van der Waals surface area contributed by atoms with E-state index < -0.39 is 0 Å². The Morgan fingerprint density at radius 3 is 2.92 bits per heavy atom. The molecule has 2 fully saturated rings. The van der Waals surface area contributed by atoms with Crippen molar-refractivity contribution in [2.75, 3.05) is 25.1 Å². The van der Waals surface area contributed by atoms with Gasteiger partial charge in [0.05, 0.1) is 25.8 Å². The van der Waals surface area contributed by atoms with Crippen LogP contribution in [0.25, 0.3) is 0 Å². The predicted octanol–water partition coefficient (Wildman–Crippen LogP) is 1.97. The Balaban J connectivity index is 1.39. The van der Waals surface area contributed by atoms with E-state index in [9.17, 15) is 4.79 Å². The van der Waals surface area contributed by atoms with Gasteiger partial charge in [0.1, 0.15) is 0 Å². The molecular formula is C17H21N5O2. The second-order valence-electron chi connectivity index (χ2n) is 6.36. The van der Waals surface area contributed by atoms with E-state index in [-0.39, 0.29) is 12.1 Å². The van der Waals surface area contributed by atoms with E-state index in [0.717, 1.165) is 5.56 Å². The molecule has 0 spiro atoms. The number of rotatable bonds is 4. The van der Waals surface area contributed by atoms with Gasteiger partial charge in [0.2, 0.25) is 0 Å². The van der Waals surface area contributed by atoms with E-state index >= 15 is 0 Å². The van der Waals surface area contributed by atoms with E-state index in [0.29, 0.717) is 38.0 Å². The lowest BCUT2D eigenvalue weighted by Gasteiger charge is -2.35. The first-order chi connectivity index (χ1) is 11.8. The van der Waals surface area contributed by atoms with Gasteiger partial charge in [-0.1, -0.05) is 0 Å². The van der Waals surface area contributed by atoms with E-state index in [1.165, 1.54) is 12.8 Å². The molecule has 7 heteroatoms. The van der Waals surface area contributed by atoms with Crippen LogP contribution in [0.15, 0.2) is 36.8 Å². The van der Waals surface area contributed by atoms with Crippen LogP contribution in [0.2, 0.25) is 0 Å². The van der Waals surface area contributed by atoms with Gasteiger partial charge in [0.25, 0.3) is 0 Å². The molecule has 0 radical (unpaired) electrons. The van der Waals surface area contributed by atoms with Crippen LogP contribution in [0.5, 0.6) is 0 Å². The molecule has 1 atom stereocenters. The van der Waals surface area contributed by atoms with Crippen LogP contribution in [0.4, 0.5) is 10.6 Å². The minimum absolute atomic E-state index is 0.0793. The molecular weight excluding hydrogens is 306 g/mol. The van der Waals surface area contributed by atoms with Gasteiger partial charge in [-0.05, 0) is 36.5 Å². The van der Waals surface area contributed by atoms with Crippen molar-refractivity contribution in [2.45, 2.75) is 25.4 Å². The first-order valence-electron chi connectivity index (χ1n) is 8.37. The van der Waals surface area contributed by atoms with Gasteiger partial charge < -0.3 is 9.64 Å². The standard InChI is InChI=1S/C17H21N5O2/c23-17(22-9-10-24-12-15(22)14-1-2-14)19-16-5-8-21(20-16)11-13-3-6-18-7-4-13/h3-8,14-15H,1-2,9-12H2,(H,19,20,23)/t15-/m1/s1. The fraction of sp³-hybridized carbons (Fsp3) is 0.471. The summed E-state index contributed by atoms with van der Waals surface area (Å²) in [5, 5.41) is 7.35. The summed E-state index contributed by atoms with van der Waals surface area (Å²) in [6.45, 7) is 2.55. The first kappa shape index (κ1) is 15.1. The van der Waals surface area contributed by atoms with Crippen molar-refractivity contribution in [1.29, 1.82) is 0 Å². The van der Waals surface area contributed by atoms with Gasteiger partial charge in [0, 0.05) is 31.2 Å². The maximum absolute atomic E-state index is 12.6. The molecule has 0 unspecified atom stereocenters. The molecule has 126 valence electrons. The Bertz CT molecular complexity index is 698. The van der Waals surface area contributed by atoms with E-state index in [2.05, 4.69) is 15.4 Å². The Hall–Kier alpha value is -2.41. The smallest absolute Gasteiger partial charge is 0.323 e. The largest absolute Gasteiger partial charge is 0.377 e. The zero-order valence-electron chi connectivity index (χ0n) is 13.5. The number of nitrogens with one attached hydrogen (secondary N) is 1. The number of nitrogens with zero attached hydrogens (tertiary/aromatic N) is 4. The van der Waals surface area contributed by atoms with Crippen LogP contribution in [-0.2, 0) is 11.3 Å². The molecule has 0 bridgehead atoms. The maximum atomic E-state index is 12.6. The number of hydrogen-bond donors (Lipinski definition) is 1. The minimum Gasteiger partial charge on any atom is -0.377 e. The summed E-state index contributed by atoms with van der Waals surface area (Å²) in [6.07, 6.45) is 7.78. The second-order valence-corrected chi connectivity index (χ2v) is 6.36. The van der Waals surface area contributed by atoms with Crippen LogP contribution in [0.3, 0.4) is 0 Å². The number of urea groups is 1. The van der Waals surface area contributed by atoms with Crippen molar-refractivity contribution >= 4 is 11.8 Å². The van der Waals surface area contributed by atoms with Gasteiger partial charge in [0.15, 0.2) is 5.82 Å². The maximum Gasteiger partial charge on any atom is 0.323 e. The van der Waals surface area contributed by atoms with Crippen LogP contribution >= 0.6 is 0 Å². The Labute approximate surface area is 140 Å². The third-order valence-electron chi connectivity index (χ3n) is 4.56. The number of morpholine rings is 1. The lowest BCUT2D eigenvalue weighted by Crippen LogP contribution is -2.51. The summed E-state index contributed by atoms with van der Waals surface area (Å²) in [6, 6.07) is 5.86. The number of carbonyl (C=O) groups is 1. The number of carbonyl (C=O) groups excluding carboxylic acids is 1. The van der Waals surface area contributed by atoms with Gasteiger partial charge >= 0.3 is 6.03 Å². The zero-order chi connectivity index (χ0) is 16.4. The fourth-order valence-electron chi connectivity index (χ4n) is 3.12. The molecule has 2 aliphatic rings. The summed E-state index contributed by atoms with van der Waals surface area (Å²) in [5.41, 5.74) is 1.12. The van der Waals surface area contributed by atoms with Crippen molar-refractivity contribution in [1.82, 2.24) is 19.7 Å². The molecule has 1 aliphatic carbocycles. The summed E-state index contributed by atoms with van der Waals surface area (Å²) in [4.78, 5) is 18.5. The summed E-state index contributed by atoms with van der Waals surface area (Å²) < 4.78 is 7.35. The minimum atomic E-state index is -0.0793. The Kier molecular flexibility index (Phi) is 4.17. The number of anilines is 1. The molecule has 2 amide bonds. The fourth-order valence-corrected chi connectivity index (χ4v) is 3.12. The van der Waals surface area contributed by atoms with Crippen molar-refractivity contribution < 1.29 is 9.53 Å². The third kappa shape index (κ3) is 3.41. The van der Waals surface area contributed by atoms with Crippen LogP contribution in [0, 0.1) is 5.92 Å². The highest BCUT2D eigenvalue weighted by Crippen LogP contribution is 2.36. The highest BCUT2D eigenvalue weighted by Gasteiger charge is 2.39. The quantitative estimate of drug-likeness (QED) is 0.932. The molecule has 0 aromatic carbocycles. The molecule has 1 saturated heterocycles. The highest BCUT2D eigenvalue weighted by molar-refractivity contribution is 5.88. The van der Waals surface area contributed by atoms with Crippen LogP contribution < -0.4 is 5.32 Å². The molecule has 3 heterocycles. The number of hydrogen-bond acceptors (Lipinski definition) is 4. The lowest BCUT2D eigenvalue weighted by atomic mass is 10.1. The van der Waals surface area contributed by atoms with Crippen molar-refractivity contribution in [2.24, 2.45) is 5.92 Å². The zero-order valence-corrected chi connectivity index (χ0v) is 13.5. The van der Waals surface area contributed by atoms with Crippen molar-refractivity contribution in [3.8, 4) is 0 Å². The molecule has 4 rings (SSSR count). The monoisotopic (exact) mass is 327 g/mol. The summed E-state index contributed by atoms with van der Waals surface area (Å²) in [7, 11) is 0. The van der Waals surface area contributed by atoms with E-state index in [1.54, 1.807) is 12.4 Å². The van der Waals surface area contributed by atoms with Gasteiger partial charge in [-0.2, -0.15) is 5.10 Å². The number of amides is 2. The average molecular weight is 327 g/mol. The van der Waals surface area contributed by atoms with Crippen LogP contribution in [-0.4, -0.2) is 51.5 Å². The van der Waals surface area contributed by atoms with Crippen molar-refractivity contribution in [3.05, 3.63) is 42.4 Å². The number of ether oxygens (including phenoxy) is 1. The molecule has 1 N–H and O–H groups in total. The van der Waals surface area contributed by atoms with Gasteiger partial charge in [-0.3, -0.25) is 15.0 Å². The van der Waals surface area contributed by atoms with E-state index in [4.69, 9.17) is 4.74 Å². The highest BCUT2D eigenvalue weighted by atomic mass is 16.5. The SMILES string of the molecule is O=C(Nc1ccn(Cc2ccncc2)n1)N1CCOC[C@@H]1C1CC1. The van der Waals surface area contributed by atoms with Crippen molar-refractivity contribution in [3.63, 3.8) is 0 Å². The molecule has 2 aromatic rings. The Morgan fingerprint density at radius 2 is 2.12 bits per heavy atom. The molecule has 7 nitrogen and oxygen atoms in total. The summed E-state index contributed by atoms with van der Waals surface area (Å²) in [5.74, 6) is 1.18. The van der Waals surface area contributed by atoms with Gasteiger partial charge in [-0.25, -0.2) is 4.79 Å². The van der Waals surface area contributed by atoms with E-state index in [1.807, 2.05) is 34.0 Å².